The van der Waals surface area contributed by atoms with Crippen LogP contribution in [-0.2, 0) is 11.3 Å². The van der Waals surface area contributed by atoms with Gasteiger partial charge < -0.3 is 5.11 Å². The van der Waals surface area contributed by atoms with Gasteiger partial charge in [0, 0.05) is 0 Å². The molecule has 8 heteroatoms. The fourth-order valence-corrected chi connectivity index (χ4v) is 3.40. The molecule has 1 amide bonds. The van der Waals surface area contributed by atoms with Gasteiger partial charge in [0.25, 0.3) is 11.7 Å². The molecule has 3 rings (SSSR count). The number of aromatic amines is 1. The van der Waals surface area contributed by atoms with Crippen molar-refractivity contribution in [3.05, 3.63) is 59.7 Å². The van der Waals surface area contributed by atoms with Gasteiger partial charge in [-0.3, -0.25) is 4.79 Å². The number of aryl methyl sites for hydroxylation is 1. The molecule has 0 aliphatic rings. The number of carbonyl (C=O) groups is 1. The van der Waals surface area contributed by atoms with Crippen molar-refractivity contribution in [2.45, 2.75) is 25.5 Å². The summed E-state index contributed by atoms with van der Waals surface area (Å²) in [5, 5.41) is 23.3. The summed E-state index contributed by atoms with van der Waals surface area (Å²) >= 11 is 1.33. The highest BCUT2D eigenvalue weighted by molar-refractivity contribution is 7.99. The third-order valence-corrected chi connectivity index (χ3v) is 4.97. The number of thioether (sulfide) groups is 1. The monoisotopic (exact) mass is 395 g/mol. The zero-order chi connectivity index (χ0) is 19.9. The number of hydrogen-bond acceptors (Lipinski definition) is 5. The van der Waals surface area contributed by atoms with Gasteiger partial charge in [-0.25, -0.2) is 9.99 Å². The first-order chi connectivity index (χ1) is 13.6. The summed E-state index contributed by atoms with van der Waals surface area (Å²) in [6.07, 6.45) is 1.44. The average molecular weight is 395 g/mol. The van der Waals surface area contributed by atoms with Crippen molar-refractivity contribution in [3.8, 4) is 17.1 Å². The largest absolute Gasteiger partial charge is 0.872 e. The van der Waals surface area contributed by atoms with Crippen molar-refractivity contribution in [1.82, 2.24) is 15.6 Å². The molecule has 2 N–H and O–H groups in total. The van der Waals surface area contributed by atoms with Crippen LogP contribution in [-0.4, -0.2) is 28.1 Å². The Morgan fingerprint density at radius 3 is 2.82 bits per heavy atom. The number of H-pyrrole nitrogens is 1. The maximum atomic E-state index is 12.0. The van der Waals surface area contributed by atoms with Crippen LogP contribution >= 0.6 is 11.8 Å². The number of amides is 1. The van der Waals surface area contributed by atoms with Crippen molar-refractivity contribution in [3.63, 3.8) is 0 Å². The van der Waals surface area contributed by atoms with Crippen LogP contribution in [0.15, 0.2) is 58.8 Å². The fourth-order valence-electron chi connectivity index (χ4n) is 2.59. The van der Waals surface area contributed by atoms with Gasteiger partial charge >= 0.3 is 5.16 Å². The SMILES string of the molecule is CC[n+]1c(SCC(=O)N/N=C/c2cccc([O-])c2)n[nH]c1-c1ccc(C)cc1. The lowest BCUT2D eigenvalue weighted by Crippen LogP contribution is -2.36. The molecule has 0 fully saturated rings. The smallest absolute Gasteiger partial charge is 0.337 e. The molecular formula is C20H21N5O2S. The van der Waals surface area contributed by atoms with E-state index in [2.05, 4.69) is 32.9 Å². The molecule has 0 spiro atoms. The zero-order valence-electron chi connectivity index (χ0n) is 15.7. The second kappa shape index (κ2) is 9.18. The molecule has 0 aliphatic heterocycles. The minimum Gasteiger partial charge on any atom is -0.872 e. The van der Waals surface area contributed by atoms with Crippen LogP contribution in [0.3, 0.4) is 0 Å². The van der Waals surface area contributed by atoms with E-state index < -0.39 is 0 Å². The van der Waals surface area contributed by atoms with Crippen LogP contribution in [0.5, 0.6) is 5.75 Å². The minimum atomic E-state index is -0.248. The number of carbonyl (C=O) groups excluding carboxylic acids is 1. The molecule has 0 radical (unpaired) electrons. The highest BCUT2D eigenvalue weighted by atomic mass is 32.2. The molecule has 144 valence electrons. The Bertz CT molecular complexity index is 983. The topological polar surface area (TPSA) is 97.1 Å². The maximum Gasteiger partial charge on any atom is 0.337 e. The van der Waals surface area contributed by atoms with Gasteiger partial charge in [0.2, 0.25) is 0 Å². The molecule has 2 aromatic carbocycles. The minimum absolute atomic E-state index is 0.0992. The molecule has 0 atom stereocenters. The molecule has 0 aliphatic carbocycles. The lowest BCUT2D eigenvalue weighted by Gasteiger charge is -2.04. The van der Waals surface area contributed by atoms with E-state index in [1.807, 2.05) is 30.5 Å². The number of aromatic nitrogens is 3. The fraction of sp³-hybridized carbons (Fsp3) is 0.200. The molecule has 7 nitrogen and oxygen atoms in total. The van der Waals surface area contributed by atoms with Crippen molar-refractivity contribution < 1.29 is 14.5 Å². The first-order valence-electron chi connectivity index (χ1n) is 8.84. The second-order valence-corrected chi connectivity index (χ2v) is 7.06. The Kier molecular flexibility index (Phi) is 6.44. The third-order valence-electron chi connectivity index (χ3n) is 3.99. The van der Waals surface area contributed by atoms with Crippen molar-refractivity contribution >= 4 is 23.9 Å². The van der Waals surface area contributed by atoms with E-state index in [-0.39, 0.29) is 17.4 Å². The van der Waals surface area contributed by atoms with E-state index in [1.165, 1.54) is 35.7 Å². The molecule has 1 aromatic heterocycles. The van der Waals surface area contributed by atoms with Gasteiger partial charge in [-0.1, -0.05) is 42.0 Å². The van der Waals surface area contributed by atoms with Gasteiger partial charge in [-0.15, -0.1) is 10.8 Å². The molecular weight excluding hydrogens is 374 g/mol. The summed E-state index contributed by atoms with van der Waals surface area (Å²) in [4.78, 5) is 12.0. The number of nitrogens with zero attached hydrogens (tertiary/aromatic N) is 3. The van der Waals surface area contributed by atoms with Crippen LogP contribution in [0.2, 0.25) is 0 Å². The van der Waals surface area contributed by atoms with E-state index in [1.54, 1.807) is 12.1 Å². The van der Waals surface area contributed by atoms with Crippen molar-refractivity contribution in [2.24, 2.45) is 5.10 Å². The Morgan fingerprint density at radius 1 is 1.32 bits per heavy atom. The number of benzene rings is 2. The van der Waals surface area contributed by atoms with E-state index in [9.17, 15) is 9.90 Å². The molecule has 1 heterocycles. The summed E-state index contributed by atoms with van der Waals surface area (Å²) in [5.41, 5.74) is 5.34. The quantitative estimate of drug-likeness (QED) is 0.277. The molecule has 28 heavy (non-hydrogen) atoms. The van der Waals surface area contributed by atoms with Crippen molar-refractivity contribution in [2.75, 3.05) is 5.75 Å². The molecule has 3 aromatic rings. The van der Waals surface area contributed by atoms with Gasteiger partial charge in [-0.05, 0) is 43.3 Å². The van der Waals surface area contributed by atoms with Crippen LogP contribution in [0.25, 0.3) is 11.4 Å². The number of nitrogens with one attached hydrogen (secondary N) is 2. The van der Waals surface area contributed by atoms with E-state index in [0.717, 1.165) is 23.1 Å². The average Bonchev–Trinajstić information content (AvgIpc) is 3.10. The van der Waals surface area contributed by atoms with Gasteiger partial charge in [0.1, 0.15) is 0 Å². The third kappa shape index (κ3) is 4.98. The molecule has 0 bridgehead atoms. The molecule has 0 saturated heterocycles. The Morgan fingerprint density at radius 2 is 2.11 bits per heavy atom. The Hall–Kier alpha value is -3.13. The molecule has 0 saturated carbocycles. The highest BCUT2D eigenvalue weighted by Crippen LogP contribution is 2.18. The van der Waals surface area contributed by atoms with Crippen molar-refractivity contribution in [1.29, 1.82) is 0 Å². The zero-order valence-corrected chi connectivity index (χ0v) is 16.5. The van der Waals surface area contributed by atoms with Crippen LogP contribution in [0.1, 0.15) is 18.1 Å². The summed E-state index contributed by atoms with van der Waals surface area (Å²) in [6.45, 7) is 4.81. The Balaban J connectivity index is 1.59. The number of hydrogen-bond donors (Lipinski definition) is 2. The number of rotatable bonds is 7. The predicted octanol–water partition coefficient (Wildman–Crippen LogP) is 2.01. The van der Waals surface area contributed by atoms with Crippen LogP contribution < -0.4 is 15.1 Å². The summed E-state index contributed by atoms with van der Waals surface area (Å²) in [6, 6.07) is 14.5. The van der Waals surface area contributed by atoms with E-state index >= 15 is 0 Å². The lowest BCUT2D eigenvalue weighted by molar-refractivity contribution is -0.719. The van der Waals surface area contributed by atoms with Gasteiger partial charge in [0.15, 0.2) is 0 Å². The molecule has 0 unspecified atom stereocenters. The van der Waals surface area contributed by atoms with E-state index in [0.29, 0.717) is 5.56 Å². The predicted molar refractivity (Wildman–Crippen MR) is 107 cm³/mol. The first-order valence-corrected chi connectivity index (χ1v) is 9.82. The van der Waals surface area contributed by atoms with E-state index in [4.69, 9.17) is 0 Å². The summed E-state index contributed by atoms with van der Waals surface area (Å²) in [7, 11) is 0. The normalized spacial score (nSPS) is 11.1. The first kappa shape index (κ1) is 19.6. The second-order valence-electron chi connectivity index (χ2n) is 6.12. The maximum absolute atomic E-state index is 12.0. The summed E-state index contributed by atoms with van der Waals surface area (Å²) < 4.78 is 2.03. The number of hydrazone groups is 1. The highest BCUT2D eigenvalue weighted by Gasteiger charge is 2.21. The standard InChI is InChI=1S/C20H21N5O2S/c1-3-25-19(16-9-7-14(2)8-10-16)23-24-20(25)28-13-18(27)22-21-12-15-5-4-6-17(26)11-15/h4-12H,3,13H2,1-2H3,(H2,22,26,27)/b21-12+. The van der Waals surface area contributed by atoms with Gasteiger partial charge in [-0.2, -0.15) is 5.10 Å². The van der Waals surface area contributed by atoms with Gasteiger partial charge in [0.05, 0.1) is 29.2 Å². The lowest BCUT2D eigenvalue weighted by atomic mass is 10.1. The summed E-state index contributed by atoms with van der Waals surface area (Å²) in [5.74, 6) is 0.734. The Labute approximate surface area is 167 Å². The van der Waals surface area contributed by atoms with Crippen LogP contribution in [0, 0.1) is 6.92 Å². The van der Waals surface area contributed by atoms with Crippen LogP contribution in [0.4, 0.5) is 0 Å².